The lowest BCUT2D eigenvalue weighted by Crippen LogP contribution is -2.34. The minimum absolute atomic E-state index is 0.0676. The summed E-state index contributed by atoms with van der Waals surface area (Å²) in [6, 6.07) is 18.8. The van der Waals surface area contributed by atoms with Crippen molar-refractivity contribution in [2.75, 3.05) is 0 Å². The molecule has 3 N–H and O–H groups in total. The van der Waals surface area contributed by atoms with E-state index < -0.39 is 11.8 Å². The van der Waals surface area contributed by atoms with E-state index in [2.05, 4.69) is 10.6 Å². The van der Waals surface area contributed by atoms with Crippen LogP contribution in [0.3, 0.4) is 0 Å². The lowest BCUT2D eigenvalue weighted by molar-refractivity contribution is -0.117. The molecule has 0 bridgehead atoms. The first-order valence-electron chi connectivity index (χ1n) is 8.29. The highest BCUT2D eigenvalue weighted by Gasteiger charge is 2.16. The molecule has 1 aromatic heterocycles. The van der Waals surface area contributed by atoms with Crippen molar-refractivity contribution >= 4 is 17.9 Å². The van der Waals surface area contributed by atoms with Gasteiger partial charge < -0.3 is 20.2 Å². The van der Waals surface area contributed by atoms with Gasteiger partial charge in [-0.3, -0.25) is 9.59 Å². The van der Waals surface area contributed by atoms with Crippen LogP contribution in [0.2, 0.25) is 0 Å². The number of nitrogens with one attached hydrogen (secondary N) is 2. The number of phenols is 1. The molecule has 1 heterocycles. The number of furan rings is 1. The van der Waals surface area contributed by atoms with Crippen LogP contribution in [0.1, 0.15) is 21.7 Å². The minimum atomic E-state index is -0.528. The van der Waals surface area contributed by atoms with Gasteiger partial charge in [0.05, 0.1) is 6.26 Å². The van der Waals surface area contributed by atoms with E-state index >= 15 is 0 Å². The van der Waals surface area contributed by atoms with Crippen molar-refractivity contribution in [3.63, 3.8) is 0 Å². The monoisotopic (exact) mass is 362 g/mol. The maximum atomic E-state index is 12.6. The van der Waals surface area contributed by atoms with Gasteiger partial charge >= 0.3 is 0 Å². The molecule has 3 rings (SSSR count). The van der Waals surface area contributed by atoms with Crippen molar-refractivity contribution in [1.82, 2.24) is 10.6 Å². The number of carbonyl (C=O) groups is 2. The third-order valence-electron chi connectivity index (χ3n) is 3.74. The van der Waals surface area contributed by atoms with Gasteiger partial charge in [-0.2, -0.15) is 0 Å². The highest BCUT2D eigenvalue weighted by molar-refractivity contribution is 6.04. The lowest BCUT2D eigenvalue weighted by Gasteiger charge is -2.10. The van der Waals surface area contributed by atoms with Crippen LogP contribution in [0, 0.1) is 0 Å². The molecule has 27 heavy (non-hydrogen) atoms. The van der Waals surface area contributed by atoms with E-state index in [9.17, 15) is 14.7 Å². The molecule has 2 amide bonds. The predicted molar refractivity (Wildman–Crippen MR) is 101 cm³/mol. The third kappa shape index (κ3) is 5.09. The molecule has 0 aliphatic heterocycles. The van der Waals surface area contributed by atoms with Crippen LogP contribution in [0.15, 0.2) is 83.1 Å². The van der Waals surface area contributed by atoms with Gasteiger partial charge in [0.2, 0.25) is 0 Å². The average molecular weight is 362 g/mol. The smallest absolute Gasteiger partial charge is 0.291 e. The van der Waals surface area contributed by atoms with E-state index in [0.29, 0.717) is 12.1 Å². The summed E-state index contributed by atoms with van der Waals surface area (Å²) < 4.78 is 5.07. The molecule has 0 fully saturated rings. The first-order valence-corrected chi connectivity index (χ1v) is 8.29. The molecular weight excluding hydrogens is 344 g/mol. The number of rotatable bonds is 6. The molecule has 0 radical (unpaired) electrons. The zero-order chi connectivity index (χ0) is 19.1. The van der Waals surface area contributed by atoms with E-state index in [1.54, 1.807) is 18.2 Å². The van der Waals surface area contributed by atoms with Crippen molar-refractivity contribution in [2.24, 2.45) is 0 Å². The van der Waals surface area contributed by atoms with Crippen molar-refractivity contribution in [1.29, 1.82) is 0 Å². The van der Waals surface area contributed by atoms with Crippen LogP contribution < -0.4 is 10.6 Å². The molecule has 2 aromatic carbocycles. The number of carbonyl (C=O) groups excluding carboxylic acids is 2. The van der Waals surface area contributed by atoms with Crippen molar-refractivity contribution in [3.05, 3.63) is 95.6 Å². The van der Waals surface area contributed by atoms with Crippen molar-refractivity contribution < 1.29 is 19.1 Å². The number of phenolic OH excluding ortho intramolecular Hbond substituents is 1. The van der Waals surface area contributed by atoms with Gasteiger partial charge in [0.1, 0.15) is 11.4 Å². The maximum absolute atomic E-state index is 12.6. The fourth-order valence-corrected chi connectivity index (χ4v) is 2.36. The van der Waals surface area contributed by atoms with Gasteiger partial charge in [-0.25, -0.2) is 0 Å². The molecule has 0 saturated carbocycles. The van der Waals surface area contributed by atoms with E-state index in [0.717, 1.165) is 5.56 Å². The Morgan fingerprint density at radius 1 is 0.963 bits per heavy atom. The first kappa shape index (κ1) is 18.0. The fraction of sp³-hybridized carbons (Fsp3) is 0.0476. The van der Waals surface area contributed by atoms with Crippen LogP contribution in [-0.2, 0) is 11.3 Å². The average Bonchev–Trinajstić information content (AvgIpc) is 3.23. The molecule has 0 aliphatic carbocycles. The topological polar surface area (TPSA) is 91.6 Å². The summed E-state index contributed by atoms with van der Waals surface area (Å²) in [7, 11) is 0. The Labute approximate surface area is 156 Å². The summed E-state index contributed by atoms with van der Waals surface area (Å²) >= 11 is 0. The third-order valence-corrected chi connectivity index (χ3v) is 3.74. The largest absolute Gasteiger partial charge is 0.508 e. The number of benzene rings is 2. The van der Waals surface area contributed by atoms with E-state index in [4.69, 9.17) is 4.42 Å². The number of hydrogen-bond acceptors (Lipinski definition) is 4. The second kappa shape index (κ2) is 8.53. The summed E-state index contributed by atoms with van der Waals surface area (Å²) in [6.07, 6.45) is 2.91. The molecule has 3 aromatic rings. The highest BCUT2D eigenvalue weighted by Crippen LogP contribution is 2.13. The Morgan fingerprint density at radius 3 is 2.37 bits per heavy atom. The van der Waals surface area contributed by atoms with E-state index in [1.165, 1.54) is 30.5 Å². The van der Waals surface area contributed by atoms with Gasteiger partial charge in [0.25, 0.3) is 11.8 Å². The van der Waals surface area contributed by atoms with Gasteiger partial charge in [-0.1, -0.05) is 42.5 Å². The second-order valence-electron chi connectivity index (χ2n) is 5.75. The molecular formula is C21H18N2O4. The van der Waals surface area contributed by atoms with Crippen molar-refractivity contribution in [3.8, 4) is 5.75 Å². The predicted octanol–water partition coefficient (Wildman–Crippen LogP) is 3.07. The van der Waals surface area contributed by atoms with Gasteiger partial charge in [-0.15, -0.1) is 0 Å². The normalized spacial score (nSPS) is 11.0. The summed E-state index contributed by atoms with van der Waals surface area (Å²) in [5, 5.41) is 14.8. The molecule has 0 atom stereocenters. The summed E-state index contributed by atoms with van der Waals surface area (Å²) in [4.78, 5) is 24.9. The van der Waals surface area contributed by atoms with Crippen LogP contribution in [0.5, 0.6) is 5.75 Å². The second-order valence-corrected chi connectivity index (χ2v) is 5.75. The summed E-state index contributed by atoms with van der Waals surface area (Å²) in [5.74, 6) is -0.754. The molecule has 0 saturated heterocycles. The Bertz CT molecular complexity index is 930. The minimum Gasteiger partial charge on any atom is -0.508 e. The summed E-state index contributed by atoms with van der Waals surface area (Å²) in [5.41, 5.74) is 1.66. The molecule has 6 nitrogen and oxygen atoms in total. The Kier molecular flexibility index (Phi) is 5.69. The SMILES string of the molecule is O=C(NCc1ccccc1)C(=Cc1ccc(O)cc1)NC(=O)c1ccco1. The Morgan fingerprint density at radius 2 is 1.70 bits per heavy atom. The zero-order valence-corrected chi connectivity index (χ0v) is 14.4. The van der Waals surface area contributed by atoms with Crippen LogP contribution in [0.25, 0.3) is 6.08 Å². The number of amides is 2. The Balaban J connectivity index is 1.78. The van der Waals surface area contributed by atoms with E-state index in [-0.39, 0.29) is 17.2 Å². The molecule has 6 heteroatoms. The molecule has 0 spiro atoms. The zero-order valence-electron chi connectivity index (χ0n) is 14.4. The van der Waals surface area contributed by atoms with Gasteiger partial charge in [0, 0.05) is 6.54 Å². The molecule has 0 unspecified atom stereocenters. The van der Waals surface area contributed by atoms with Gasteiger partial charge in [-0.05, 0) is 41.5 Å². The molecule has 136 valence electrons. The van der Waals surface area contributed by atoms with Crippen LogP contribution in [-0.4, -0.2) is 16.9 Å². The highest BCUT2D eigenvalue weighted by atomic mass is 16.3. The van der Waals surface area contributed by atoms with E-state index in [1.807, 2.05) is 30.3 Å². The van der Waals surface area contributed by atoms with Gasteiger partial charge in [0.15, 0.2) is 5.76 Å². The van der Waals surface area contributed by atoms with Crippen LogP contribution in [0.4, 0.5) is 0 Å². The standard InChI is InChI=1S/C21H18N2O4/c24-17-10-8-15(9-11-17)13-18(23-21(26)19-7-4-12-27-19)20(25)22-14-16-5-2-1-3-6-16/h1-13,24H,14H2,(H,22,25)(H,23,26). The lowest BCUT2D eigenvalue weighted by atomic mass is 10.1. The molecule has 0 aliphatic rings. The summed E-state index contributed by atoms with van der Waals surface area (Å²) in [6.45, 7) is 0.323. The number of hydrogen-bond donors (Lipinski definition) is 3. The van der Waals surface area contributed by atoms with Crippen LogP contribution >= 0.6 is 0 Å². The maximum Gasteiger partial charge on any atom is 0.291 e. The number of aromatic hydroxyl groups is 1. The Hall–Kier alpha value is -3.80. The quantitative estimate of drug-likeness (QED) is 0.588. The van der Waals surface area contributed by atoms with Crippen molar-refractivity contribution in [2.45, 2.75) is 6.54 Å². The first-order chi connectivity index (χ1) is 13.1. The fourth-order valence-electron chi connectivity index (χ4n) is 2.36.